The first kappa shape index (κ1) is 14.7. The molecule has 98 valence electrons. The van der Waals surface area contributed by atoms with Crippen LogP contribution in [0.4, 0.5) is 13.2 Å². The molecule has 0 bridgehead atoms. The van der Waals surface area contributed by atoms with Crippen molar-refractivity contribution < 1.29 is 27.5 Å². The molecule has 0 amide bonds. The normalized spacial score (nSPS) is 11.2. The van der Waals surface area contributed by atoms with Crippen molar-refractivity contribution in [1.82, 2.24) is 0 Å². The summed E-state index contributed by atoms with van der Waals surface area (Å²) in [5.41, 5.74) is -0.611. The van der Waals surface area contributed by atoms with Crippen molar-refractivity contribution in [3.8, 4) is 0 Å². The lowest BCUT2D eigenvalue weighted by atomic mass is 10.1. The number of hydrogen-bond acceptors (Lipinski definition) is 3. The van der Waals surface area contributed by atoms with Crippen molar-refractivity contribution in [2.75, 3.05) is 6.61 Å². The highest BCUT2D eigenvalue weighted by atomic mass is 79.9. The van der Waals surface area contributed by atoms with Gasteiger partial charge in [-0.25, -0.2) is 9.18 Å². The maximum Gasteiger partial charge on any atom is 0.404 e. The first-order chi connectivity index (χ1) is 8.28. The van der Waals surface area contributed by atoms with E-state index in [9.17, 15) is 22.8 Å². The molecule has 3 nitrogen and oxygen atoms in total. The van der Waals surface area contributed by atoms with Gasteiger partial charge in [0.15, 0.2) is 0 Å². The first-order valence-corrected chi connectivity index (χ1v) is 5.64. The molecule has 0 unspecified atom stereocenters. The molecule has 0 N–H and O–H groups in total. The Morgan fingerprint density at radius 3 is 2.44 bits per heavy atom. The fourth-order valence-electron chi connectivity index (χ4n) is 1.18. The van der Waals surface area contributed by atoms with E-state index in [4.69, 9.17) is 0 Å². The summed E-state index contributed by atoms with van der Waals surface area (Å²) in [4.78, 5) is 22.4. The third-order valence-corrected chi connectivity index (χ3v) is 2.40. The molecule has 0 spiro atoms. The van der Waals surface area contributed by atoms with Gasteiger partial charge in [-0.05, 0) is 25.1 Å². The topological polar surface area (TPSA) is 43.4 Å². The van der Waals surface area contributed by atoms with E-state index in [-0.39, 0.29) is 11.1 Å². The van der Waals surface area contributed by atoms with Crippen molar-refractivity contribution in [2.45, 2.75) is 12.8 Å². The Labute approximate surface area is 109 Å². The van der Waals surface area contributed by atoms with E-state index in [1.165, 1.54) is 6.92 Å². The van der Waals surface area contributed by atoms with E-state index in [2.05, 4.69) is 20.7 Å². The van der Waals surface area contributed by atoms with Crippen molar-refractivity contribution in [1.29, 1.82) is 0 Å². The van der Waals surface area contributed by atoms with E-state index in [1.54, 1.807) is 0 Å². The lowest BCUT2D eigenvalue weighted by molar-refractivity contribution is -0.164. The Hall–Kier alpha value is -1.37. The van der Waals surface area contributed by atoms with Gasteiger partial charge in [0.1, 0.15) is 5.82 Å². The number of hydrogen-bond donors (Lipinski definition) is 0. The zero-order valence-electron chi connectivity index (χ0n) is 9.18. The SMILES string of the molecule is CCOC(=O)C(F)(F)C(=O)c1cc(F)cc(Br)c1. The number of halogens is 4. The van der Waals surface area contributed by atoms with Gasteiger partial charge in [-0.15, -0.1) is 0 Å². The maximum atomic E-state index is 13.4. The molecule has 1 aromatic rings. The van der Waals surface area contributed by atoms with E-state index in [0.29, 0.717) is 6.07 Å². The van der Waals surface area contributed by atoms with E-state index in [0.717, 1.165) is 12.1 Å². The number of alkyl halides is 2. The third-order valence-electron chi connectivity index (χ3n) is 1.94. The number of carbonyl (C=O) groups is 2. The first-order valence-electron chi connectivity index (χ1n) is 4.85. The standard InChI is InChI=1S/C11H8BrF3O3/c1-2-18-10(17)11(14,15)9(16)6-3-7(12)5-8(13)4-6/h3-5H,2H2,1H3. The zero-order valence-corrected chi connectivity index (χ0v) is 10.8. The monoisotopic (exact) mass is 324 g/mol. The van der Waals surface area contributed by atoms with E-state index < -0.39 is 29.1 Å². The van der Waals surface area contributed by atoms with Gasteiger partial charge >= 0.3 is 11.9 Å². The van der Waals surface area contributed by atoms with Crippen LogP contribution in [0.25, 0.3) is 0 Å². The lowest BCUT2D eigenvalue weighted by Gasteiger charge is -2.13. The van der Waals surface area contributed by atoms with Crippen LogP contribution >= 0.6 is 15.9 Å². The minimum atomic E-state index is -4.33. The summed E-state index contributed by atoms with van der Waals surface area (Å²) >= 11 is 2.86. The fourth-order valence-corrected chi connectivity index (χ4v) is 1.65. The Balaban J connectivity index is 3.09. The predicted molar refractivity (Wildman–Crippen MR) is 60.0 cm³/mol. The van der Waals surface area contributed by atoms with Gasteiger partial charge < -0.3 is 4.74 Å². The number of esters is 1. The maximum absolute atomic E-state index is 13.4. The molecule has 0 saturated heterocycles. The van der Waals surface area contributed by atoms with Crippen molar-refractivity contribution in [2.24, 2.45) is 0 Å². The Morgan fingerprint density at radius 2 is 1.94 bits per heavy atom. The molecule has 0 aliphatic heterocycles. The molecular weight excluding hydrogens is 317 g/mol. The quantitative estimate of drug-likeness (QED) is 0.486. The predicted octanol–water partition coefficient (Wildman–Crippen LogP) is 2.97. The molecule has 0 radical (unpaired) electrons. The molecule has 1 aromatic carbocycles. The van der Waals surface area contributed by atoms with Crippen LogP contribution in [0.5, 0.6) is 0 Å². The second kappa shape index (κ2) is 5.51. The molecule has 0 heterocycles. The van der Waals surface area contributed by atoms with Crippen LogP contribution in [-0.4, -0.2) is 24.3 Å². The van der Waals surface area contributed by atoms with Crippen molar-refractivity contribution in [3.05, 3.63) is 34.1 Å². The fraction of sp³-hybridized carbons (Fsp3) is 0.273. The zero-order chi connectivity index (χ0) is 13.9. The Bertz CT molecular complexity index is 468. The minimum Gasteiger partial charge on any atom is -0.461 e. The van der Waals surface area contributed by atoms with Gasteiger partial charge in [-0.2, -0.15) is 8.78 Å². The number of Topliss-reactive ketones (excluding diaryl/α,β-unsaturated/α-hetero) is 1. The summed E-state index contributed by atoms with van der Waals surface area (Å²) in [6.45, 7) is 1.05. The second-order valence-corrected chi connectivity index (χ2v) is 4.20. The summed E-state index contributed by atoms with van der Waals surface area (Å²) in [5, 5.41) is 0. The van der Waals surface area contributed by atoms with Crippen LogP contribution in [0.3, 0.4) is 0 Å². The molecule has 18 heavy (non-hydrogen) atoms. The van der Waals surface area contributed by atoms with Crippen LogP contribution in [0.1, 0.15) is 17.3 Å². The van der Waals surface area contributed by atoms with Crippen LogP contribution in [0, 0.1) is 5.82 Å². The van der Waals surface area contributed by atoms with Gasteiger partial charge in [-0.1, -0.05) is 15.9 Å². The summed E-state index contributed by atoms with van der Waals surface area (Å²) in [5.74, 6) is -8.95. The van der Waals surface area contributed by atoms with Gasteiger partial charge in [0, 0.05) is 10.0 Å². The highest BCUT2D eigenvalue weighted by molar-refractivity contribution is 9.10. The highest BCUT2D eigenvalue weighted by Gasteiger charge is 2.49. The molecule has 7 heteroatoms. The Kier molecular flexibility index (Phi) is 4.50. The largest absolute Gasteiger partial charge is 0.461 e. The third kappa shape index (κ3) is 3.10. The van der Waals surface area contributed by atoms with Crippen molar-refractivity contribution >= 4 is 27.7 Å². The van der Waals surface area contributed by atoms with E-state index in [1.807, 2.05) is 0 Å². The lowest BCUT2D eigenvalue weighted by Crippen LogP contribution is -2.39. The van der Waals surface area contributed by atoms with Gasteiger partial charge in [0.25, 0.3) is 0 Å². The number of carbonyl (C=O) groups excluding carboxylic acids is 2. The summed E-state index contributed by atoms with van der Waals surface area (Å²) in [7, 11) is 0. The van der Waals surface area contributed by atoms with Crippen molar-refractivity contribution in [3.63, 3.8) is 0 Å². The smallest absolute Gasteiger partial charge is 0.404 e. The summed E-state index contributed by atoms with van der Waals surface area (Å²) in [6, 6.07) is 2.62. The van der Waals surface area contributed by atoms with Crippen LogP contribution < -0.4 is 0 Å². The van der Waals surface area contributed by atoms with Gasteiger partial charge in [0.2, 0.25) is 5.78 Å². The number of benzene rings is 1. The average Bonchev–Trinajstić information content (AvgIpc) is 2.26. The molecule has 0 aromatic heterocycles. The minimum absolute atomic E-state index is 0.116. The van der Waals surface area contributed by atoms with Crippen LogP contribution in [-0.2, 0) is 9.53 Å². The van der Waals surface area contributed by atoms with Crippen LogP contribution in [0.15, 0.2) is 22.7 Å². The molecule has 0 saturated carbocycles. The van der Waals surface area contributed by atoms with Gasteiger partial charge in [0.05, 0.1) is 6.61 Å². The molecule has 0 fully saturated rings. The summed E-state index contributed by atoms with van der Waals surface area (Å²) in [6.07, 6.45) is 0. The average molecular weight is 325 g/mol. The number of ether oxygens (including phenoxy) is 1. The van der Waals surface area contributed by atoms with Gasteiger partial charge in [-0.3, -0.25) is 4.79 Å². The molecule has 0 atom stereocenters. The van der Waals surface area contributed by atoms with Crippen LogP contribution in [0.2, 0.25) is 0 Å². The Morgan fingerprint density at radius 1 is 1.33 bits per heavy atom. The highest BCUT2D eigenvalue weighted by Crippen LogP contribution is 2.24. The molecular formula is C11H8BrF3O3. The number of ketones is 1. The second-order valence-electron chi connectivity index (χ2n) is 3.28. The summed E-state index contributed by atoms with van der Waals surface area (Å²) < 4.78 is 44.0. The number of rotatable bonds is 4. The molecule has 1 rings (SSSR count). The van der Waals surface area contributed by atoms with E-state index >= 15 is 0 Å². The molecule has 0 aliphatic carbocycles. The molecule has 0 aliphatic rings.